The van der Waals surface area contributed by atoms with Gasteiger partial charge in [-0.15, -0.1) is 0 Å². The van der Waals surface area contributed by atoms with Crippen molar-refractivity contribution in [1.29, 1.82) is 0 Å². The van der Waals surface area contributed by atoms with Crippen LogP contribution in [0.15, 0.2) is 15.8 Å². The molecule has 0 aromatic carbocycles. The number of aromatic amines is 1. The topological polar surface area (TPSA) is 80.6 Å². The van der Waals surface area contributed by atoms with E-state index < -0.39 is 11.2 Å². The van der Waals surface area contributed by atoms with Gasteiger partial charge < -0.3 is 4.98 Å². The normalized spacial score (nSPS) is 10.7. The molecule has 0 saturated heterocycles. The van der Waals surface area contributed by atoms with Gasteiger partial charge in [0, 0.05) is 7.05 Å². The highest BCUT2D eigenvalue weighted by molar-refractivity contribution is 5.71. The third kappa shape index (κ3) is 1.12. The lowest BCUT2D eigenvalue weighted by atomic mass is 10.4. The largest absolute Gasteiger partial charge is 0.328 e. The van der Waals surface area contributed by atoms with Crippen molar-refractivity contribution in [1.82, 2.24) is 19.5 Å². The fourth-order valence-corrected chi connectivity index (χ4v) is 1.17. The minimum absolute atomic E-state index is 0.236. The SMILES string of the molecule is Cc1ncc2[nH]c(=O)n(C)c(=O)c2n1. The van der Waals surface area contributed by atoms with Crippen LogP contribution in [0.5, 0.6) is 0 Å². The smallest absolute Gasteiger partial charge is 0.304 e. The minimum atomic E-state index is -0.463. The van der Waals surface area contributed by atoms with Crippen molar-refractivity contribution >= 4 is 11.0 Å². The van der Waals surface area contributed by atoms with E-state index in [2.05, 4.69) is 15.0 Å². The lowest BCUT2D eigenvalue weighted by molar-refractivity contribution is 0.787. The molecule has 1 N–H and O–H groups in total. The second-order valence-corrected chi connectivity index (χ2v) is 2.97. The molecule has 0 atom stereocenters. The zero-order valence-electron chi connectivity index (χ0n) is 7.74. The molecule has 6 nitrogen and oxygen atoms in total. The molecule has 2 rings (SSSR count). The van der Waals surface area contributed by atoms with Crippen LogP contribution in [0.2, 0.25) is 0 Å². The summed E-state index contributed by atoms with van der Waals surface area (Å²) >= 11 is 0. The predicted molar refractivity (Wildman–Crippen MR) is 50.1 cm³/mol. The zero-order valence-corrected chi connectivity index (χ0v) is 7.74. The molecular formula is C8H8N4O2. The summed E-state index contributed by atoms with van der Waals surface area (Å²) < 4.78 is 0.981. The summed E-state index contributed by atoms with van der Waals surface area (Å²) in [7, 11) is 1.40. The molecule has 14 heavy (non-hydrogen) atoms. The monoisotopic (exact) mass is 192 g/mol. The van der Waals surface area contributed by atoms with Crippen LogP contribution in [0.3, 0.4) is 0 Å². The van der Waals surface area contributed by atoms with Gasteiger partial charge in [0.1, 0.15) is 5.82 Å². The van der Waals surface area contributed by atoms with Crippen LogP contribution in [0, 0.1) is 6.92 Å². The highest BCUT2D eigenvalue weighted by Crippen LogP contribution is 1.98. The number of aryl methyl sites for hydroxylation is 1. The molecule has 0 unspecified atom stereocenters. The molecule has 0 aliphatic rings. The Morgan fingerprint density at radius 2 is 2.14 bits per heavy atom. The Kier molecular flexibility index (Phi) is 1.70. The first-order valence-electron chi connectivity index (χ1n) is 4.02. The molecule has 0 saturated carbocycles. The van der Waals surface area contributed by atoms with Crippen LogP contribution in [0.4, 0.5) is 0 Å². The van der Waals surface area contributed by atoms with E-state index in [1.807, 2.05) is 0 Å². The fourth-order valence-electron chi connectivity index (χ4n) is 1.17. The summed E-state index contributed by atoms with van der Waals surface area (Å²) in [6.07, 6.45) is 1.43. The molecule has 0 radical (unpaired) electrons. The van der Waals surface area contributed by atoms with Crippen molar-refractivity contribution in [2.24, 2.45) is 7.05 Å². The van der Waals surface area contributed by atoms with Crippen molar-refractivity contribution in [3.05, 3.63) is 32.9 Å². The van der Waals surface area contributed by atoms with Crippen molar-refractivity contribution in [3.63, 3.8) is 0 Å². The maximum Gasteiger partial charge on any atom is 0.328 e. The van der Waals surface area contributed by atoms with Gasteiger partial charge in [0.05, 0.1) is 11.7 Å². The van der Waals surface area contributed by atoms with Crippen LogP contribution in [0.25, 0.3) is 11.0 Å². The summed E-state index contributed by atoms with van der Waals surface area (Å²) in [6, 6.07) is 0. The maximum absolute atomic E-state index is 11.6. The molecule has 72 valence electrons. The number of fused-ring (bicyclic) bond motifs is 1. The third-order valence-electron chi connectivity index (χ3n) is 1.96. The van der Waals surface area contributed by atoms with Crippen LogP contribution in [-0.2, 0) is 7.05 Å². The highest BCUT2D eigenvalue weighted by Gasteiger charge is 2.05. The van der Waals surface area contributed by atoms with E-state index in [1.165, 1.54) is 13.2 Å². The summed E-state index contributed by atoms with van der Waals surface area (Å²) in [5.74, 6) is 0.502. The van der Waals surface area contributed by atoms with E-state index in [-0.39, 0.29) is 5.52 Å². The quantitative estimate of drug-likeness (QED) is 0.600. The molecular weight excluding hydrogens is 184 g/mol. The first-order valence-corrected chi connectivity index (χ1v) is 4.02. The Balaban J connectivity index is 3.07. The highest BCUT2D eigenvalue weighted by atomic mass is 16.2. The Bertz CT molecular complexity index is 611. The van der Waals surface area contributed by atoms with Crippen LogP contribution in [0.1, 0.15) is 5.82 Å². The van der Waals surface area contributed by atoms with Gasteiger partial charge in [-0.1, -0.05) is 0 Å². The minimum Gasteiger partial charge on any atom is -0.304 e. The molecule has 2 heterocycles. The number of nitrogens with zero attached hydrogens (tertiary/aromatic N) is 3. The third-order valence-corrected chi connectivity index (χ3v) is 1.96. The number of nitrogens with one attached hydrogen (secondary N) is 1. The maximum atomic E-state index is 11.6. The summed E-state index contributed by atoms with van der Waals surface area (Å²) in [6.45, 7) is 1.68. The summed E-state index contributed by atoms with van der Waals surface area (Å²) in [4.78, 5) is 33.1. The number of hydrogen-bond acceptors (Lipinski definition) is 4. The predicted octanol–water partition coefficient (Wildman–Crippen LogP) is -0.675. The first-order chi connectivity index (χ1) is 6.59. The molecule has 2 aromatic rings. The van der Waals surface area contributed by atoms with Crippen molar-refractivity contribution in [3.8, 4) is 0 Å². The lowest BCUT2D eigenvalue weighted by Crippen LogP contribution is -2.33. The van der Waals surface area contributed by atoms with Gasteiger partial charge in [-0.3, -0.25) is 9.36 Å². The Morgan fingerprint density at radius 3 is 2.86 bits per heavy atom. The van der Waals surface area contributed by atoms with Crippen molar-refractivity contribution < 1.29 is 0 Å². The van der Waals surface area contributed by atoms with Gasteiger partial charge in [0.25, 0.3) is 5.56 Å². The number of H-pyrrole nitrogens is 1. The van der Waals surface area contributed by atoms with E-state index in [9.17, 15) is 9.59 Å². The molecule has 0 bridgehead atoms. The van der Waals surface area contributed by atoms with Gasteiger partial charge in [-0.05, 0) is 6.92 Å². The average Bonchev–Trinajstić information content (AvgIpc) is 2.16. The van der Waals surface area contributed by atoms with Gasteiger partial charge in [-0.2, -0.15) is 0 Å². The molecule has 2 aromatic heterocycles. The number of rotatable bonds is 0. The van der Waals surface area contributed by atoms with Crippen LogP contribution in [-0.4, -0.2) is 19.5 Å². The van der Waals surface area contributed by atoms with E-state index in [0.717, 1.165) is 4.57 Å². The Labute approximate surface area is 78.3 Å². The lowest BCUT2D eigenvalue weighted by Gasteiger charge is -1.99. The summed E-state index contributed by atoms with van der Waals surface area (Å²) in [5, 5.41) is 0. The van der Waals surface area contributed by atoms with Gasteiger partial charge in [-0.25, -0.2) is 14.8 Å². The van der Waals surface area contributed by atoms with Gasteiger partial charge >= 0.3 is 5.69 Å². The second kappa shape index (κ2) is 2.76. The van der Waals surface area contributed by atoms with E-state index in [4.69, 9.17) is 0 Å². The van der Waals surface area contributed by atoms with Crippen molar-refractivity contribution in [2.45, 2.75) is 6.92 Å². The van der Waals surface area contributed by atoms with Gasteiger partial charge in [0.15, 0.2) is 5.52 Å². The Hall–Kier alpha value is -1.98. The fraction of sp³-hybridized carbons (Fsp3) is 0.250. The second-order valence-electron chi connectivity index (χ2n) is 2.97. The van der Waals surface area contributed by atoms with E-state index >= 15 is 0 Å². The number of hydrogen-bond donors (Lipinski definition) is 1. The number of aromatic nitrogens is 4. The molecule has 6 heteroatoms. The first kappa shape index (κ1) is 8.61. The molecule has 0 spiro atoms. The standard InChI is InChI=1S/C8H8N4O2/c1-4-9-3-5-6(10-4)7(13)12(2)8(14)11-5/h3H,1-2H3,(H,11,14). The molecule has 0 amide bonds. The average molecular weight is 192 g/mol. The molecule has 0 aliphatic carbocycles. The van der Waals surface area contributed by atoms with Gasteiger partial charge in [0.2, 0.25) is 0 Å². The zero-order chi connectivity index (χ0) is 10.3. The van der Waals surface area contributed by atoms with Crippen molar-refractivity contribution in [2.75, 3.05) is 0 Å². The van der Waals surface area contributed by atoms with E-state index in [1.54, 1.807) is 6.92 Å². The van der Waals surface area contributed by atoms with Crippen LogP contribution < -0.4 is 11.2 Å². The van der Waals surface area contributed by atoms with Crippen LogP contribution >= 0.6 is 0 Å². The molecule has 0 aliphatic heterocycles. The summed E-state index contributed by atoms with van der Waals surface area (Å²) in [5.41, 5.74) is -0.271. The van der Waals surface area contributed by atoms with E-state index in [0.29, 0.717) is 11.3 Å². The Morgan fingerprint density at radius 1 is 1.43 bits per heavy atom. The molecule has 0 fully saturated rings.